The Morgan fingerprint density at radius 1 is 1.12 bits per heavy atom. The first-order chi connectivity index (χ1) is 19.6. The van der Waals surface area contributed by atoms with Crippen LogP contribution in [-0.2, 0) is 4.74 Å². The lowest BCUT2D eigenvalue weighted by Gasteiger charge is -2.28. The molecule has 2 aromatic carbocycles. The van der Waals surface area contributed by atoms with E-state index in [1.165, 1.54) is 0 Å². The van der Waals surface area contributed by atoms with Crippen LogP contribution in [0.15, 0.2) is 60.8 Å². The maximum atomic E-state index is 13.2. The number of pyridine rings is 1. The van der Waals surface area contributed by atoms with E-state index in [-0.39, 0.29) is 5.91 Å². The summed E-state index contributed by atoms with van der Waals surface area (Å²) in [5.74, 6) is 6.75. The molecular weight excluding hydrogens is 629 g/mol. The molecule has 0 spiro atoms. The van der Waals surface area contributed by atoms with Crippen molar-refractivity contribution in [1.29, 1.82) is 5.26 Å². The second kappa shape index (κ2) is 15.1. The van der Waals surface area contributed by atoms with Crippen LogP contribution >= 0.6 is 22.6 Å². The Hall–Kier alpha value is -4.09. The zero-order chi connectivity index (χ0) is 29.8. The minimum atomic E-state index is -0.659. The van der Waals surface area contributed by atoms with Crippen LogP contribution in [0.4, 0.5) is 22.0 Å². The molecule has 0 unspecified atom stereocenters. The second-order valence-corrected chi connectivity index (χ2v) is 11.3. The smallest absolute Gasteiger partial charge is 0.414 e. The van der Waals surface area contributed by atoms with Crippen LogP contribution in [-0.4, -0.2) is 35.7 Å². The van der Waals surface area contributed by atoms with Crippen molar-refractivity contribution in [1.82, 2.24) is 10.3 Å². The Morgan fingerprint density at radius 2 is 1.85 bits per heavy atom. The number of carbonyl (C=O) groups is 2. The van der Waals surface area contributed by atoms with Gasteiger partial charge in [0.1, 0.15) is 11.4 Å². The van der Waals surface area contributed by atoms with Crippen LogP contribution in [0, 0.1) is 26.7 Å². The average molecular weight is 664 g/mol. The van der Waals surface area contributed by atoms with Gasteiger partial charge in [-0.1, -0.05) is 30.9 Å². The summed E-state index contributed by atoms with van der Waals surface area (Å²) < 4.78 is 6.60. The van der Waals surface area contributed by atoms with Crippen molar-refractivity contribution >= 4 is 51.8 Å². The van der Waals surface area contributed by atoms with E-state index in [0.717, 1.165) is 9.26 Å². The molecule has 9 heteroatoms. The number of anilines is 3. The molecule has 0 aliphatic rings. The molecule has 0 atom stereocenters. The molecular formula is C32H34IN5O3. The van der Waals surface area contributed by atoms with E-state index in [9.17, 15) is 9.59 Å². The molecule has 0 aliphatic heterocycles. The largest absolute Gasteiger partial charge is 0.443 e. The highest BCUT2D eigenvalue weighted by molar-refractivity contribution is 14.1. The van der Waals surface area contributed by atoms with E-state index in [1.807, 2.05) is 45.9 Å². The number of nitrogens with one attached hydrogen (secondary N) is 2. The summed E-state index contributed by atoms with van der Waals surface area (Å²) in [6.07, 6.45) is 3.12. The normalized spacial score (nSPS) is 10.5. The van der Waals surface area contributed by atoms with Gasteiger partial charge in [0.25, 0.3) is 5.91 Å². The Balaban J connectivity index is 1.79. The van der Waals surface area contributed by atoms with E-state index in [0.29, 0.717) is 60.5 Å². The number of carbonyl (C=O) groups excluding carboxylic acids is 2. The molecule has 0 saturated heterocycles. The van der Waals surface area contributed by atoms with Crippen LogP contribution in [0.5, 0.6) is 0 Å². The van der Waals surface area contributed by atoms with E-state index in [2.05, 4.69) is 56.1 Å². The molecule has 41 heavy (non-hydrogen) atoms. The van der Waals surface area contributed by atoms with Crippen molar-refractivity contribution in [2.45, 2.75) is 52.6 Å². The number of halogens is 1. The molecule has 3 aromatic rings. The number of nitriles is 1. The molecule has 2 N–H and O–H groups in total. The quantitative estimate of drug-likeness (QED) is 0.145. The number of rotatable bonds is 9. The molecule has 0 bridgehead atoms. The fourth-order valence-corrected chi connectivity index (χ4v) is 4.37. The number of aromatic nitrogens is 1. The topological polar surface area (TPSA) is 107 Å². The monoisotopic (exact) mass is 663 g/mol. The molecule has 1 heterocycles. The van der Waals surface area contributed by atoms with Gasteiger partial charge in [-0.05, 0) is 92.6 Å². The molecule has 0 aliphatic carbocycles. The maximum Gasteiger partial charge on any atom is 0.414 e. The van der Waals surface area contributed by atoms with Gasteiger partial charge >= 0.3 is 6.09 Å². The van der Waals surface area contributed by atoms with E-state index < -0.39 is 11.7 Å². The predicted molar refractivity (Wildman–Crippen MR) is 170 cm³/mol. The highest BCUT2D eigenvalue weighted by Crippen LogP contribution is 2.27. The first-order valence-electron chi connectivity index (χ1n) is 13.4. The van der Waals surface area contributed by atoms with Gasteiger partial charge in [0.15, 0.2) is 0 Å². The summed E-state index contributed by atoms with van der Waals surface area (Å²) in [5, 5.41) is 15.2. The Kier molecular flexibility index (Phi) is 11.5. The van der Waals surface area contributed by atoms with Gasteiger partial charge in [-0.3, -0.25) is 9.69 Å². The molecule has 3 rings (SSSR count). The van der Waals surface area contributed by atoms with Gasteiger partial charge in [-0.25, -0.2) is 9.78 Å². The highest BCUT2D eigenvalue weighted by Gasteiger charge is 2.25. The van der Waals surface area contributed by atoms with Crippen molar-refractivity contribution in [2.24, 2.45) is 0 Å². The second-order valence-electron chi connectivity index (χ2n) is 10.2. The van der Waals surface area contributed by atoms with E-state index >= 15 is 0 Å². The van der Waals surface area contributed by atoms with Crippen molar-refractivity contribution in [3.8, 4) is 17.9 Å². The summed E-state index contributed by atoms with van der Waals surface area (Å²) in [7, 11) is 0. The minimum absolute atomic E-state index is 0.104. The molecule has 0 fully saturated rings. The number of hydrogen-bond acceptors (Lipinski definition) is 6. The summed E-state index contributed by atoms with van der Waals surface area (Å²) >= 11 is 2.15. The number of amides is 2. The van der Waals surface area contributed by atoms with Crippen LogP contribution in [0.2, 0.25) is 0 Å². The Labute approximate surface area is 255 Å². The van der Waals surface area contributed by atoms with Crippen molar-refractivity contribution in [3.63, 3.8) is 0 Å². The SMILES string of the molecule is CCCN(C(=O)OC(C)(C)C)c1cc(Nc2ccc(C#N)cc2)ncc1C#CCCCNC(=O)c1ccccc1I. The number of ether oxygens (including phenoxy) is 1. The third kappa shape index (κ3) is 9.80. The zero-order valence-electron chi connectivity index (χ0n) is 23.8. The van der Waals surface area contributed by atoms with E-state index in [1.54, 1.807) is 47.5 Å². The molecule has 212 valence electrons. The highest BCUT2D eigenvalue weighted by atomic mass is 127. The number of hydrogen-bond donors (Lipinski definition) is 2. The summed E-state index contributed by atoms with van der Waals surface area (Å²) in [4.78, 5) is 31.7. The van der Waals surface area contributed by atoms with Gasteiger partial charge in [0.05, 0.1) is 28.4 Å². The van der Waals surface area contributed by atoms with Gasteiger partial charge in [0.2, 0.25) is 0 Å². The minimum Gasteiger partial charge on any atom is -0.443 e. The number of nitrogens with zero attached hydrogens (tertiary/aromatic N) is 3. The van der Waals surface area contributed by atoms with Gasteiger partial charge in [-0.2, -0.15) is 5.26 Å². The first-order valence-corrected chi connectivity index (χ1v) is 14.5. The maximum absolute atomic E-state index is 13.2. The number of benzene rings is 2. The van der Waals surface area contributed by atoms with Crippen LogP contribution < -0.4 is 15.5 Å². The molecule has 1 aromatic heterocycles. The lowest BCUT2D eigenvalue weighted by atomic mass is 10.1. The van der Waals surface area contributed by atoms with Crippen molar-refractivity contribution < 1.29 is 14.3 Å². The third-order valence-corrected chi connectivity index (χ3v) is 6.57. The summed E-state index contributed by atoms with van der Waals surface area (Å²) in [6, 6.07) is 18.4. The van der Waals surface area contributed by atoms with Gasteiger partial charge < -0.3 is 15.4 Å². The molecule has 8 nitrogen and oxygen atoms in total. The lowest BCUT2D eigenvalue weighted by Crippen LogP contribution is -2.37. The first kappa shape index (κ1) is 31.4. The zero-order valence-corrected chi connectivity index (χ0v) is 25.9. The van der Waals surface area contributed by atoms with Crippen LogP contribution in [0.1, 0.15) is 68.4 Å². The van der Waals surface area contributed by atoms with E-state index in [4.69, 9.17) is 10.00 Å². The van der Waals surface area contributed by atoms with Gasteiger partial charge in [0, 0.05) is 41.0 Å². The molecule has 0 saturated carbocycles. The third-order valence-electron chi connectivity index (χ3n) is 5.63. The lowest BCUT2D eigenvalue weighted by molar-refractivity contribution is 0.0580. The predicted octanol–water partition coefficient (Wildman–Crippen LogP) is 7.01. The Morgan fingerprint density at radius 3 is 2.51 bits per heavy atom. The van der Waals surface area contributed by atoms with Gasteiger partial charge in [-0.15, -0.1) is 0 Å². The number of unbranched alkanes of at least 4 members (excludes halogenated alkanes) is 1. The van der Waals surface area contributed by atoms with Crippen molar-refractivity contribution in [3.05, 3.63) is 81.1 Å². The van der Waals surface area contributed by atoms with Crippen LogP contribution in [0.25, 0.3) is 0 Å². The van der Waals surface area contributed by atoms with Crippen LogP contribution in [0.3, 0.4) is 0 Å². The summed E-state index contributed by atoms with van der Waals surface area (Å²) in [6.45, 7) is 8.42. The average Bonchev–Trinajstić information content (AvgIpc) is 2.93. The fraction of sp³-hybridized carbons (Fsp3) is 0.312. The standard InChI is InChI=1S/C32H34IN5O3/c1-5-19-38(31(40)41-32(2,3)4)28-20-29(37-25-16-14-23(21-34)15-17-25)36-22-24(28)11-7-6-10-18-35-30(39)26-12-8-9-13-27(26)33/h8-9,12-17,20,22H,5-6,10,18-19H2,1-4H3,(H,35,39)(H,36,37). The fourth-order valence-electron chi connectivity index (χ4n) is 3.74. The van der Waals surface area contributed by atoms with Crippen molar-refractivity contribution in [2.75, 3.05) is 23.3 Å². The Bertz CT molecular complexity index is 1460. The molecule has 2 amide bonds. The summed E-state index contributed by atoms with van der Waals surface area (Å²) in [5.41, 5.74) is 2.50. The molecule has 0 radical (unpaired) electrons.